The van der Waals surface area contributed by atoms with Gasteiger partial charge in [0.2, 0.25) is 5.82 Å². The molecule has 17 heavy (non-hydrogen) atoms. The fraction of sp³-hybridized carbons (Fsp3) is 0.222. The topological polar surface area (TPSA) is 89.7 Å². The minimum atomic E-state index is -1.40. The number of carboxylic acid groups (broad SMARTS) is 1. The van der Waals surface area contributed by atoms with E-state index in [1.165, 1.54) is 0 Å². The molecule has 0 fully saturated rings. The van der Waals surface area contributed by atoms with Crippen LogP contribution in [0, 0.1) is 21.7 Å². The van der Waals surface area contributed by atoms with E-state index in [1.54, 1.807) is 0 Å². The molecule has 1 atom stereocenters. The molecule has 92 valence electrons. The normalized spacial score (nSPS) is 11.9. The number of carbonyl (C=O) groups is 1. The van der Waals surface area contributed by atoms with Gasteiger partial charge in [0.1, 0.15) is 0 Å². The first-order valence-electron chi connectivity index (χ1n) is 4.36. The fourth-order valence-corrected chi connectivity index (χ4v) is 0.989. The zero-order valence-electron chi connectivity index (χ0n) is 8.52. The highest BCUT2D eigenvalue weighted by atomic mass is 19.1. The Balaban J connectivity index is 3.08. The van der Waals surface area contributed by atoms with E-state index < -0.39 is 40.1 Å². The highest BCUT2D eigenvalue weighted by molar-refractivity contribution is 5.72. The van der Waals surface area contributed by atoms with E-state index in [2.05, 4.69) is 4.74 Å². The lowest BCUT2D eigenvalue weighted by Crippen LogP contribution is -2.23. The first-order valence-corrected chi connectivity index (χ1v) is 4.36. The van der Waals surface area contributed by atoms with Gasteiger partial charge in [0, 0.05) is 6.07 Å². The molecular weight excluding hydrogens is 240 g/mol. The van der Waals surface area contributed by atoms with E-state index in [9.17, 15) is 23.7 Å². The Bertz CT molecular complexity index is 477. The number of nitro groups is 1. The highest BCUT2D eigenvalue weighted by Gasteiger charge is 2.22. The molecule has 1 rings (SSSR count). The first kappa shape index (κ1) is 12.8. The van der Waals surface area contributed by atoms with Crippen LogP contribution < -0.4 is 4.74 Å². The van der Waals surface area contributed by atoms with Crippen molar-refractivity contribution in [1.82, 2.24) is 0 Å². The molecule has 0 bridgehead atoms. The molecule has 0 aliphatic rings. The second-order valence-corrected chi connectivity index (χ2v) is 3.09. The van der Waals surface area contributed by atoms with Crippen LogP contribution >= 0.6 is 0 Å². The SMILES string of the molecule is C[C@@H](Oc1cc(F)c([N+](=O)[O-])cc1F)C(=O)O. The first-order chi connectivity index (χ1) is 7.82. The van der Waals surface area contributed by atoms with Gasteiger partial charge in [-0.05, 0) is 6.92 Å². The number of benzene rings is 1. The summed E-state index contributed by atoms with van der Waals surface area (Å²) < 4.78 is 30.9. The highest BCUT2D eigenvalue weighted by Crippen LogP contribution is 2.26. The molecule has 6 nitrogen and oxygen atoms in total. The minimum absolute atomic E-state index is 0.333. The smallest absolute Gasteiger partial charge is 0.344 e. The Kier molecular flexibility index (Phi) is 3.56. The lowest BCUT2D eigenvalue weighted by Gasteiger charge is -2.10. The van der Waals surface area contributed by atoms with Crippen LogP contribution in [0.1, 0.15) is 6.92 Å². The van der Waals surface area contributed by atoms with Gasteiger partial charge in [0.05, 0.1) is 11.0 Å². The fourth-order valence-electron chi connectivity index (χ4n) is 0.989. The van der Waals surface area contributed by atoms with Crippen LogP contribution in [-0.2, 0) is 4.79 Å². The molecular formula is C9H7F2NO5. The maximum absolute atomic E-state index is 13.2. The predicted octanol–water partition coefficient (Wildman–Crippen LogP) is 1.72. The summed E-state index contributed by atoms with van der Waals surface area (Å²) in [5, 5.41) is 18.8. The Morgan fingerprint density at radius 1 is 1.47 bits per heavy atom. The van der Waals surface area contributed by atoms with Crippen molar-refractivity contribution < 1.29 is 28.3 Å². The molecule has 0 amide bonds. The number of hydrogen-bond acceptors (Lipinski definition) is 4. The van der Waals surface area contributed by atoms with Gasteiger partial charge in [0.25, 0.3) is 0 Å². The average molecular weight is 247 g/mol. The van der Waals surface area contributed by atoms with Gasteiger partial charge < -0.3 is 9.84 Å². The van der Waals surface area contributed by atoms with E-state index in [0.717, 1.165) is 6.92 Å². The Hall–Kier alpha value is -2.25. The van der Waals surface area contributed by atoms with Crippen LogP contribution in [0.4, 0.5) is 14.5 Å². The number of halogens is 2. The van der Waals surface area contributed by atoms with Crippen molar-refractivity contribution in [3.05, 3.63) is 33.9 Å². The summed E-state index contributed by atoms with van der Waals surface area (Å²) in [6, 6.07) is 0.770. The third-order valence-electron chi connectivity index (χ3n) is 1.85. The minimum Gasteiger partial charge on any atom is -0.479 e. The molecule has 0 aliphatic heterocycles. The number of nitro benzene ring substituents is 1. The molecule has 0 aromatic heterocycles. The third kappa shape index (κ3) is 2.86. The lowest BCUT2D eigenvalue weighted by molar-refractivity contribution is -0.387. The molecule has 1 aromatic rings. The number of hydrogen-bond donors (Lipinski definition) is 1. The number of nitrogens with zero attached hydrogens (tertiary/aromatic N) is 1. The maximum Gasteiger partial charge on any atom is 0.344 e. The summed E-state index contributed by atoms with van der Waals surface area (Å²) in [5.41, 5.74) is -1.04. The van der Waals surface area contributed by atoms with E-state index >= 15 is 0 Å². The van der Waals surface area contributed by atoms with Gasteiger partial charge in [-0.2, -0.15) is 4.39 Å². The second kappa shape index (κ2) is 4.73. The van der Waals surface area contributed by atoms with Gasteiger partial charge in [-0.25, -0.2) is 9.18 Å². The summed E-state index contributed by atoms with van der Waals surface area (Å²) in [4.78, 5) is 19.6. The average Bonchev–Trinajstić information content (AvgIpc) is 2.22. The third-order valence-corrected chi connectivity index (χ3v) is 1.85. The van der Waals surface area contributed by atoms with Crippen LogP contribution in [0.25, 0.3) is 0 Å². The van der Waals surface area contributed by atoms with Crippen LogP contribution in [-0.4, -0.2) is 22.1 Å². The van der Waals surface area contributed by atoms with Crippen molar-refractivity contribution in [2.24, 2.45) is 0 Å². The summed E-state index contributed by atoms with van der Waals surface area (Å²) in [7, 11) is 0. The van der Waals surface area contributed by atoms with E-state index in [0.29, 0.717) is 12.1 Å². The van der Waals surface area contributed by atoms with E-state index in [1.807, 2.05) is 0 Å². The monoisotopic (exact) mass is 247 g/mol. The van der Waals surface area contributed by atoms with Gasteiger partial charge in [-0.3, -0.25) is 10.1 Å². The quantitative estimate of drug-likeness (QED) is 0.646. The zero-order valence-corrected chi connectivity index (χ0v) is 8.52. The molecule has 0 radical (unpaired) electrons. The summed E-state index contributed by atoms with van der Waals surface area (Å²) in [5.74, 6) is -4.57. The van der Waals surface area contributed by atoms with Crippen molar-refractivity contribution in [3.8, 4) is 5.75 Å². The zero-order chi connectivity index (χ0) is 13.2. The molecule has 0 spiro atoms. The van der Waals surface area contributed by atoms with E-state index in [4.69, 9.17) is 5.11 Å². The molecule has 1 N–H and O–H groups in total. The van der Waals surface area contributed by atoms with E-state index in [-0.39, 0.29) is 0 Å². The number of aliphatic carboxylic acids is 1. The molecule has 8 heteroatoms. The molecule has 1 aromatic carbocycles. The predicted molar refractivity (Wildman–Crippen MR) is 50.7 cm³/mol. The van der Waals surface area contributed by atoms with Crippen molar-refractivity contribution in [2.45, 2.75) is 13.0 Å². The van der Waals surface area contributed by atoms with Crippen molar-refractivity contribution in [1.29, 1.82) is 0 Å². The number of carboxylic acids is 1. The van der Waals surface area contributed by atoms with Crippen LogP contribution in [0.5, 0.6) is 5.75 Å². The summed E-state index contributed by atoms with van der Waals surface area (Å²) in [6.07, 6.45) is -1.40. The van der Waals surface area contributed by atoms with Gasteiger partial charge in [-0.1, -0.05) is 0 Å². The number of rotatable bonds is 4. The summed E-state index contributed by atoms with van der Waals surface area (Å²) >= 11 is 0. The molecule has 0 saturated heterocycles. The maximum atomic E-state index is 13.2. The van der Waals surface area contributed by atoms with Gasteiger partial charge in [0.15, 0.2) is 17.7 Å². The van der Waals surface area contributed by atoms with Gasteiger partial charge >= 0.3 is 11.7 Å². The van der Waals surface area contributed by atoms with Crippen LogP contribution in [0.3, 0.4) is 0 Å². The van der Waals surface area contributed by atoms with Gasteiger partial charge in [-0.15, -0.1) is 0 Å². The van der Waals surface area contributed by atoms with Crippen molar-refractivity contribution in [3.63, 3.8) is 0 Å². The molecule has 0 heterocycles. The Morgan fingerprint density at radius 3 is 2.53 bits per heavy atom. The largest absolute Gasteiger partial charge is 0.479 e. The molecule has 0 unspecified atom stereocenters. The molecule has 0 saturated carbocycles. The van der Waals surface area contributed by atoms with Crippen molar-refractivity contribution >= 4 is 11.7 Å². The number of ether oxygens (including phenoxy) is 1. The lowest BCUT2D eigenvalue weighted by atomic mass is 10.2. The summed E-state index contributed by atoms with van der Waals surface area (Å²) in [6.45, 7) is 1.11. The van der Waals surface area contributed by atoms with Crippen LogP contribution in [0.15, 0.2) is 12.1 Å². The van der Waals surface area contributed by atoms with Crippen LogP contribution in [0.2, 0.25) is 0 Å². The second-order valence-electron chi connectivity index (χ2n) is 3.09. The van der Waals surface area contributed by atoms with Crippen molar-refractivity contribution in [2.75, 3.05) is 0 Å². The molecule has 0 aliphatic carbocycles. The Labute approximate surface area is 93.6 Å². The Morgan fingerprint density at radius 2 is 2.06 bits per heavy atom. The standard InChI is InChI=1S/C9H7F2NO5/c1-4(9(13)14)17-8-3-5(10)7(12(15)16)2-6(8)11/h2-4H,1H3,(H,13,14)/t4-/m1/s1.